The van der Waals surface area contributed by atoms with Gasteiger partial charge in [0.05, 0.1) is 11.6 Å². The van der Waals surface area contributed by atoms with Crippen molar-refractivity contribution in [1.82, 2.24) is 0 Å². The predicted octanol–water partition coefficient (Wildman–Crippen LogP) is 3.52. The molecule has 0 spiro atoms. The van der Waals surface area contributed by atoms with Gasteiger partial charge in [-0.25, -0.2) is 4.79 Å². The number of fused-ring (bicyclic) bond motifs is 1. The Hall–Kier alpha value is -3.02. The Bertz CT molecular complexity index is 965. The Morgan fingerprint density at radius 1 is 1.29 bits per heavy atom. The fraction of sp³-hybridized carbons (Fsp3) is 0.222. The Morgan fingerprint density at radius 2 is 2.04 bits per heavy atom. The smallest absolute Gasteiger partial charge is 0.344 e. The van der Waals surface area contributed by atoms with Crippen molar-refractivity contribution in [1.29, 1.82) is 0 Å². The minimum Gasteiger partial charge on any atom is -0.479 e. The summed E-state index contributed by atoms with van der Waals surface area (Å²) in [5.74, 6) is -0.975. The fourth-order valence-electron chi connectivity index (χ4n) is 2.54. The van der Waals surface area contributed by atoms with Crippen LogP contribution in [0.5, 0.6) is 5.75 Å². The average Bonchev–Trinajstić information content (AvgIpc) is 3.04. The summed E-state index contributed by atoms with van der Waals surface area (Å²) in [5.41, 5.74) is 1.69. The molecule has 3 aromatic rings. The fourth-order valence-corrected chi connectivity index (χ4v) is 2.54. The van der Waals surface area contributed by atoms with Crippen molar-refractivity contribution >= 4 is 16.9 Å². The molecule has 0 aliphatic rings. The van der Waals surface area contributed by atoms with Gasteiger partial charge in [0, 0.05) is 0 Å². The SMILES string of the molecule is Cc1cc(C)c2oc(-c3ccco3)c(O[C@H](C)C(=O)O)c(=O)c2c1. The highest BCUT2D eigenvalue weighted by molar-refractivity contribution is 5.84. The molecule has 0 bridgehead atoms. The van der Waals surface area contributed by atoms with Gasteiger partial charge in [0.2, 0.25) is 16.9 Å². The van der Waals surface area contributed by atoms with Crippen LogP contribution in [0.3, 0.4) is 0 Å². The van der Waals surface area contributed by atoms with E-state index < -0.39 is 17.5 Å². The van der Waals surface area contributed by atoms with Crippen molar-refractivity contribution < 1.29 is 23.5 Å². The molecule has 24 heavy (non-hydrogen) atoms. The predicted molar refractivity (Wildman–Crippen MR) is 87.4 cm³/mol. The molecule has 0 radical (unpaired) electrons. The highest BCUT2D eigenvalue weighted by Gasteiger charge is 2.24. The van der Waals surface area contributed by atoms with Crippen molar-refractivity contribution in [3.8, 4) is 17.3 Å². The first-order chi connectivity index (χ1) is 11.4. The third kappa shape index (κ3) is 2.67. The van der Waals surface area contributed by atoms with E-state index in [9.17, 15) is 9.59 Å². The minimum atomic E-state index is -1.20. The molecule has 0 unspecified atom stereocenters. The number of aliphatic carboxylic acids is 1. The van der Waals surface area contributed by atoms with Gasteiger partial charge in [-0.3, -0.25) is 4.79 Å². The maximum absolute atomic E-state index is 12.9. The molecular weight excluding hydrogens is 312 g/mol. The van der Waals surface area contributed by atoms with E-state index in [1.165, 1.54) is 13.2 Å². The first kappa shape index (κ1) is 15.9. The van der Waals surface area contributed by atoms with Crippen LogP contribution in [-0.4, -0.2) is 17.2 Å². The summed E-state index contributed by atoms with van der Waals surface area (Å²) in [4.78, 5) is 24.0. The quantitative estimate of drug-likeness (QED) is 0.788. The lowest BCUT2D eigenvalue weighted by molar-refractivity contribution is -0.144. The molecule has 124 valence electrons. The number of carboxylic acid groups (broad SMARTS) is 1. The number of benzene rings is 1. The molecule has 0 amide bonds. The van der Waals surface area contributed by atoms with Crippen LogP contribution in [0, 0.1) is 13.8 Å². The second-order valence-electron chi connectivity index (χ2n) is 5.62. The molecule has 0 saturated carbocycles. The summed E-state index contributed by atoms with van der Waals surface area (Å²) < 4.78 is 16.6. The van der Waals surface area contributed by atoms with E-state index in [-0.39, 0.29) is 11.5 Å². The zero-order chi connectivity index (χ0) is 17.4. The summed E-state index contributed by atoms with van der Waals surface area (Å²) in [6.45, 7) is 5.05. The molecule has 3 rings (SSSR count). The molecule has 0 fully saturated rings. The van der Waals surface area contributed by atoms with E-state index in [0.717, 1.165) is 11.1 Å². The van der Waals surface area contributed by atoms with Gasteiger partial charge in [-0.15, -0.1) is 0 Å². The van der Waals surface area contributed by atoms with Gasteiger partial charge < -0.3 is 18.7 Å². The molecule has 2 heterocycles. The third-order valence-electron chi connectivity index (χ3n) is 3.67. The Balaban J connectivity index is 2.34. The lowest BCUT2D eigenvalue weighted by atomic mass is 10.1. The highest BCUT2D eigenvalue weighted by Crippen LogP contribution is 2.33. The summed E-state index contributed by atoms with van der Waals surface area (Å²) in [6, 6.07) is 6.85. The highest BCUT2D eigenvalue weighted by atomic mass is 16.5. The number of aryl methyl sites for hydroxylation is 2. The zero-order valence-corrected chi connectivity index (χ0v) is 13.5. The number of rotatable bonds is 4. The second kappa shape index (κ2) is 5.88. The van der Waals surface area contributed by atoms with E-state index in [2.05, 4.69) is 0 Å². The van der Waals surface area contributed by atoms with E-state index in [4.69, 9.17) is 18.7 Å². The van der Waals surface area contributed by atoms with Crippen LogP contribution >= 0.6 is 0 Å². The van der Waals surface area contributed by atoms with E-state index in [1.54, 1.807) is 18.2 Å². The minimum absolute atomic E-state index is 0.0811. The van der Waals surface area contributed by atoms with E-state index in [1.807, 2.05) is 19.9 Å². The summed E-state index contributed by atoms with van der Waals surface area (Å²) in [7, 11) is 0. The van der Waals surface area contributed by atoms with Gasteiger partial charge >= 0.3 is 5.97 Å². The number of ether oxygens (including phenoxy) is 1. The topological polar surface area (TPSA) is 89.9 Å². The lowest BCUT2D eigenvalue weighted by Crippen LogP contribution is -2.26. The Kier molecular flexibility index (Phi) is 3.89. The standard InChI is InChI=1S/C18H16O6/c1-9-7-10(2)15-12(8-9)14(19)17(23-11(3)18(20)21)16(24-15)13-5-4-6-22-13/h4-8,11H,1-3H3,(H,20,21)/t11-/m1/s1. The van der Waals surface area contributed by atoms with Crippen LogP contribution in [-0.2, 0) is 4.79 Å². The van der Waals surface area contributed by atoms with Gasteiger partial charge in [-0.1, -0.05) is 6.07 Å². The van der Waals surface area contributed by atoms with Crippen molar-refractivity contribution in [2.45, 2.75) is 26.9 Å². The Morgan fingerprint density at radius 3 is 2.67 bits per heavy atom. The van der Waals surface area contributed by atoms with Crippen LogP contribution in [0.2, 0.25) is 0 Å². The molecule has 2 aromatic heterocycles. The van der Waals surface area contributed by atoms with Crippen LogP contribution < -0.4 is 10.2 Å². The first-order valence-corrected chi connectivity index (χ1v) is 7.40. The van der Waals surface area contributed by atoms with Gasteiger partial charge in [-0.2, -0.15) is 0 Å². The number of hydrogen-bond donors (Lipinski definition) is 1. The molecule has 0 aliphatic carbocycles. The van der Waals surface area contributed by atoms with E-state index >= 15 is 0 Å². The van der Waals surface area contributed by atoms with E-state index in [0.29, 0.717) is 16.7 Å². The number of carboxylic acids is 1. The van der Waals surface area contributed by atoms with Gasteiger partial charge in [0.25, 0.3) is 0 Å². The van der Waals surface area contributed by atoms with Gasteiger partial charge in [-0.05, 0) is 50.1 Å². The number of carbonyl (C=O) groups is 1. The van der Waals surface area contributed by atoms with Crippen LogP contribution in [0.15, 0.2) is 44.2 Å². The van der Waals surface area contributed by atoms with Crippen LogP contribution in [0.4, 0.5) is 0 Å². The molecular formula is C18H16O6. The third-order valence-corrected chi connectivity index (χ3v) is 3.67. The molecule has 0 aliphatic heterocycles. The van der Waals surface area contributed by atoms with Crippen molar-refractivity contribution in [2.75, 3.05) is 0 Å². The lowest BCUT2D eigenvalue weighted by Gasteiger charge is -2.14. The van der Waals surface area contributed by atoms with Gasteiger partial charge in [0.1, 0.15) is 5.58 Å². The largest absolute Gasteiger partial charge is 0.479 e. The Labute approximate surface area is 137 Å². The van der Waals surface area contributed by atoms with Crippen LogP contribution in [0.25, 0.3) is 22.5 Å². The molecule has 1 aromatic carbocycles. The normalized spacial score (nSPS) is 12.3. The molecule has 0 saturated heterocycles. The summed E-state index contributed by atoms with van der Waals surface area (Å²) in [6.07, 6.45) is 0.233. The van der Waals surface area contributed by atoms with Crippen molar-refractivity contribution in [3.63, 3.8) is 0 Å². The molecule has 6 nitrogen and oxygen atoms in total. The first-order valence-electron chi connectivity index (χ1n) is 7.40. The van der Waals surface area contributed by atoms with Crippen molar-refractivity contribution in [2.24, 2.45) is 0 Å². The maximum Gasteiger partial charge on any atom is 0.344 e. The zero-order valence-electron chi connectivity index (χ0n) is 13.5. The van der Waals surface area contributed by atoms with Crippen molar-refractivity contribution in [3.05, 3.63) is 51.9 Å². The summed E-state index contributed by atoms with van der Waals surface area (Å²) >= 11 is 0. The average molecular weight is 328 g/mol. The van der Waals surface area contributed by atoms with Crippen LogP contribution in [0.1, 0.15) is 18.1 Å². The van der Waals surface area contributed by atoms with Gasteiger partial charge in [0.15, 0.2) is 11.9 Å². The molecule has 6 heteroatoms. The monoisotopic (exact) mass is 328 g/mol. The molecule has 1 atom stereocenters. The second-order valence-corrected chi connectivity index (χ2v) is 5.62. The number of furan rings is 1. The maximum atomic E-state index is 12.9. The molecule has 1 N–H and O–H groups in total. The number of hydrogen-bond acceptors (Lipinski definition) is 5. The summed E-state index contributed by atoms with van der Waals surface area (Å²) in [5, 5.41) is 9.42.